The minimum atomic E-state index is 0.527. The van der Waals surface area contributed by atoms with Crippen molar-refractivity contribution in [3.05, 3.63) is 58.7 Å². The molecule has 2 aromatic rings. The van der Waals surface area contributed by atoms with Crippen LogP contribution in [0.1, 0.15) is 60.3 Å². The van der Waals surface area contributed by atoms with Gasteiger partial charge in [0, 0.05) is 11.1 Å². The predicted octanol–water partition coefficient (Wildman–Crippen LogP) is 6.01. The average molecular weight is 338 g/mol. The molecular weight excluding hydrogens is 308 g/mol. The van der Waals surface area contributed by atoms with Gasteiger partial charge >= 0.3 is 0 Å². The smallest absolute Gasteiger partial charge is 0.122 e. The maximum Gasteiger partial charge on any atom is 0.122 e. The molecule has 2 unspecified atom stereocenters. The van der Waals surface area contributed by atoms with E-state index in [-0.39, 0.29) is 0 Å². The van der Waals surface area contributed by atoms with Crippen molar-refractivity contribution in [2.75, 3.05) is 14.2 Å². The van der Waals surface area contributed by atoms with Crippen molar-refractivity contribution in [2.45, 2.75) is 51.9 Å². The van der Waals surface area contributed by atoms with Crippen LogP contribution >= 0.6 is 0 Å². The molecule has 134 valence electrons. The SMILES string of the molecule is COc1cccc(C)c1C1CCCC(c2c(C)cccc2OC)C1C. The fourth-order valence-electron chi connectivity index (χ4n) is 4.79. The zero-order chi connectivity index (χ0) is 18.0. The van der Waals surface area contributed by atoms with E-state index in [4.69, 9.17) is 9.47 Å². The van der Waals surface area contributed by atoms with Gasteiger partial charge in [-0.05, 0) is 67.7 Å². The van der Waals surface area contributed by atoms with Gasteiger partial charge in [-0.25, -0.2) is 0 Å². The van der Waals surface area contributed by atoms with Crippen LogP contribution in [0.25, 0.3) is 0 Å². The zero-order valence-corrected chi connectivity index (χ0v) is 16.1. The van der Waals surface area contributed by atoms with Crippen LogP contribution < -0.4 is 9.47 Å². The lowest BCUT2D eigenvalue weighted by Gasteiger charge is -2.39. The van der Waals surface area contributed by atoms with Crippen molar-refractivity contribution < 1.29 is 9.47 Å². The Bertz CT molecular complexity index is 673. The lowest BCUT2D eigenvalue weighted by atomic mass is 9.66. The summed E-state index contributed by atoms with van der Waals surface area (Å²) >= 11 is 0. The summed E-state index contributed by atoms with van der Waals surface area (Å²) in [5.74, 6) is 3.68. The van der Waals surface area contributed by atoms with E-state index < -0.39 is 0 Å². The highest BCUT2D eigenvalue weighted by molar-refractivity contribution is 5.46. The standard InChI is InChI=1S/C23H30O2/c1-15-9-6-13-20(24-4)22(15)18-11-8-12-19(17(18)3)23-16(2)10-7-14-21(23)25-5/h6-7,9-10,13-14,17-19H,8,11-12H2,1-5H3. The first-order valence-corrected chi connectivity index (χ1v) is 9.35. The van der Waals surface area contributed by atoms with Crippen LogP contribution in [0.4, 0.5) is 0 Å². The summed E-state index contributed by atoms with van der Waals surface area (Å²) in [6, 6.07) is 12.8. The van der Waals surface area contributed by atoms with Crippen LogP contribution in [0.15, 0.2) is 36.4 Å². The largest absolute Gasteiger partial charge is 0.496 e. The minimum absolute atomic E-state index is 0.527. The summed E-state index contributed by atoms with van der Waals surface area (Å²) in [4.78, 5) is 0. The molecule has 1 aliphatic carbocycles. The topological polar surface area (TPSA) is 18.5 Å². The lowest BCUT2D eigenvalue weighted by molar-refractivity contribution is 0.270. The molecule has 1 saturated carbocycles. The van der Waals surface area contributed by atoms with E-state index in [1.165, 1.54) is 41.5 Å². The van der Waals surface area contributed by atoms with Crippen LogP contribution in [-0.4, -0.2) is 14.2 Å². The summed E-state index contributed by atoms with van der Waals surface area (Å²) in [6.07, 6.45) is 3.70. The predicted molar refractivity (Wildman–Crippen MR) is 104 cm³/mol. The molecule has 0 saturated heterocycles. The fourth-order valence-corrected chi connectivity index (χ4v) is 4.79. The van der Waals surface area contributed by atoms with Crippen molar-refractivity contribution in [3.63, 3.8) is 0 Å². The van der Waals surface area contributed by atoms with E-state index in [9.17, 15) is 0 Å². The summed E-state index contributed by atoms with van der Waals surface area (Å²) < 4.78 is 11.4. The first kappa shape index (κ1) is 17.8. The second-order valence-corrected chi connectivity index (χ2v) is 7.38. The van der Waals surface area contributed by atoms with Crippen molar-refractivity contribution in [1.82, 2.24) is 0 Å². The van der Waals surface area contributed by atoms with Gasteiger partial charge < -0.3 is 9.47 Å². The number of aryl methyl sites for hydroxylation is 2. The molecule has 2 nitrogen and oxygen atoms in total. The van der Waals surface area contributed by atoms with Crippen LogP contribution in [0, 0.1) is 19.8 Å². The van der Waals surface area contributed by atoms with Crippen LogP contribution in [0.5, 0.6) is 11.5 Å². The molecule has 0 aromatic heterocycles. The number of benzene rings is 2. The van der Waals surface area contributed by atoms with Crippen LogP contribution in [0.2, 0.25) is 0 Å². The highest BCUT2D eigenvalue weighted by atomic mass is 16.5. The third-order valence-electron chi connectivity index (χ3n) is 6.05. The third-order valence-corrected chi connectivity index (χ3v) is 6.05. The Kier molecular flexibility index (Phi) is 5.36. The molecule has 0 radical (unpaired) electrons. The second kappa shape index (κ2) is 7.51. The Hall–Kier alpha value is -1.96. The summed E-state index contributed by atoms with van der Waals surface area (Å²) in [6.45, 7) is 6.83. The Morgan fingerprint density at radius 2 is 1.20 bits per heavy atom. The maximum atomic E-state index is 5.71. The molecule has 0 spiro atoms. The van der Waals surface area contributed by atoms with E-state index >= 15 is 0 Å². The number of hydrogen-bond donors (Lipinski definition) is 0. The summed E-state index contributed by atoms with van der Waals surface area (Å²) in [5.41, 5.74) is 5.48. The monoisotopic (exact) mass is 338 g/mol. The van der Waals surface area contributed by atoms with Gasteiger partial charge in [-0.2, -0.15) is 0 Å². The second-order valence-electron chi connectivity index (χ2n) is 7.38. The molecule has 0 amide bonds. The van der Waals surface area contributed by atoms with Crippen molar-refractivity contribution in [2.24, 2.45) is 5.92 Å². The Balaban J connectivity index is 2.02. The van der Waals surface area contributed by atoms with E-state index in [2.05, 4.69) is 57.2 Å². The molecule has 2 aromatic carbocycles. The molecule has 3 rings (SSSR count). The molecule has 0 N–H and O–H groups in total. The number of ether oxygens (including phenoxy) is 2. The summed E-state index contributed by atoms with van der Waals surface area (Å²) in [5, 5.41) is 0. The van der Waals surface area contributed by atoms with Gasteiger partial charge in [0.15, 0.2) is 0 Å². The Labute approximate surface area is 152 Å². The van der Waals surface area contributed by atoms with Crippen molar-refractivity contribution >= 4 is 0 Å². The molecule has 25 heavy (non-hydrogen) atoms. The molecule has 0 aliphatic heterocycles. The zero-order valence-electron chi connectivity index (χ0n) is 16.1. The van der Waals surface area contributed by atoms with E-state index in [0.717, 1.165) is 11.5 Å². The lowest BCUT2D eigenvalue weighted by Crippen LogP contribution is -2.25. The van der Waals surface area contributed by atoms with E-state index in [0.29, 0.717) is 17.8 Å². The maximum absolute atomic E-state index is 5.71. The third kappa shape index (κ3) is 3.27. The molecule has 2 atom stereocenters. The molecule has 2 heteroatoms. The molecule has 0 heterocycles. The van der Waals surface area contributed by atoms with Gasteiger partial charge in [0.2, 0.25) is 0 Å². The van der Waals surface area contributed by atoms with Gasteiger partial charge in [0.05, 0.1) is 14.2 Å². The van der Waals surface area contributed by atoms with E-state index in [1.54, 1.807) is 14.2 Å². The van der Waals surface area contributed by atoms with E-state index in [1.807, 2.05) is 0 Å². The van der Waals surface area contributed by atoms with Crippen molar-refractivity contribution in [1.29, 1.82) is 0 Å². The average Bonchev–Trinajstić information content (AvgIpc) is 2.62. The van der Waals surface area contributed by atoms with Crippen LogP contribution in [0.3, 0.4) is 0 Å². The number of methoxy groups -OCH3 is 2. The number of rotatable bonds is 4. The summed E-state index contributed by atoms with van der Waals surface area (Å²) in [7, 11) is 3.57. The molecule has 1 aliphatic rings. The highest BCUT2D eigenvalue weighted by Gasteiger charge is 2.35. The molecule has 0 bridgehead atoms. The highest BCUT2D eigenvalue weighted by Crippen LogP contribution is 2.50. The van der Waals surface area contributed by atoms with Gasteiger partial charge in [-0.15, -0.1) is 0 Å². The van der Waals surface area contributed by atoms with Gasteiger partial charge in [-0.3, -0.25) is 0 Å². The van der Waals surface area contributed by atoms with Crippen LogP contribution in [-0.2, 0) is 0 Å². The molecular formula is C23H30O2. The normalized spacial score (nSPS) is 23.3. The molecule has 1 fully saturated rings. The van der Waals surface area contributed by atoms with Gasteiger partial charge in [0.1, 0.15) is 11.5 Å². The van der Waals surface area contributed by atoms with Crippen molar-refractivity contribution in [3.8, 4) is 11.5 Å². The minimum Gasteiger partial charge on any atom is -0.496 e. The Morgan fingerprint density at radius 1 is 0.760 bits per heavy atom. The Morgan fingerprint density at radius 3 is 1.60 bits per heavy atom. The van der Waals surface area contributed by atoms with Gasteiger partial charge in [0.25, 0.3) is 0 Å². The number of hydrogen-bond acceptors (Lipinski definition) is 2. The quantitative estimate of drug-likeness (QED) is 0.680. The first-order valence-electron chi connectivity index (χ1n) is 9.35. The fraction of sp³-hybridized carbons (Fsp3) is 0.478. The van der Waals surface area contributed by atoms with Gasteiger partial charge in [-0.1, -0.05) is 37.6 Å². The first-order chi connectivity index (χ1) is 12.1.